The molecule has 1 atom stereocenters. The molecule has 1 saturated heterocycles. The summed E-state index contributed by atoms with van der Waals surface area (Å²) >= 11 is 0. The Hall–Kier alpha value is -3.65. The van der Waals surface area contributed by atoms with Gasteiger partial charge in [-0.15, -0.1) is 0 Å². The molecular formula is C33H37F3N2O3. The molecule has 218 valence electrons. The standard InChI is InChI=1S/C33H37F3N2O3/c1-3-32(23-30(39)41-2,25-9-5-4-6-10-25)19-22-38-20-17-27(18-21-38)37-31(40)29-12-8-7-11-28(29)24-13-15-26(16-14-24)33(34,35)36/h4-16,27H,3,17-23H2,1-2H3,(H,37,40). The minimum Gasteiger partial charge on any atom is -0.469 e. The molecule has 1 heterocycles. The van der Waals surface area contributed by atoms with E-state index < -0.39 is 11.7 Å². The van der Waals surface area contributed by atoms with Crippen molar-refractivity contribution in [3.8, 4) is 11.1 Å². The first-order valence-corrected chi connectivity index (χ1v) is 14.1. The molecule has 1 fully saturated rings. The third kappa shape index (κ3) is 7.55. The maximum absolute atomic E-state index is 13.3. The van der Waals surface area contributed by atoms with Crippen molar-refractivity contribution < 1.29 is 27.5 Å². The number of hydrogen-bond acceptors (Lipinski definition) is 4. The maximum Gasteiger partial charge on any atom is 0.416 e. The fourth-order valence-corrected chi connectivity index (χ4v) is 5.69. The second-order valence-electron chi connectivity index (χ2n) is 10.7. The van der Waals surface area contributed by atoms with Gasteiger partial charge in [-0.25, -0.2) is 0 Å². The molecule has 1 aliphatic rings. The summed E-state index contributed by atoms with van der Waals surface area (Å²) in [4.78, 5) is 28.0. The van der Waals surface area contributed by atoms with Crippen molar-refractivity contribution in [2.24, 2.45) is 0 Å². The number of hydrogen-bond donors (Lipinski definition) is 1. The highest BCUT2D eigenvalue weighted by atomic mass is 19.4. The average Bonchev–Trinajstić information content (AvgIpc) is 3.00. The van der Waals surface area contributed by atoms with Gasteiger partial charge in [0.05, 0.1) is 19.1 Å². The highest BCUT2D eigenvalue weighted by Crippen LogP contribution is 2.36. The van der Waals surface area contributed by atoms with Crippen molar-refractivity contribution >= 4 is 11.9 Å². The van der Waals surface area contributed by atoms with Gasteiger partial charge >= 0.3 is 12.1 Å². The van der Waals surface area contributed by atoms with Gasteiger partial charge < -0.3 is 15.0 Å². The van der Waals surface area contributed by atoms with Gasteiger partial charge in [0.1, 0.15) is 0 Å². The van der Waals surface area contributed by atoms with Crippen LogP contribution < -0.4 is 5.32 Å². The minimum atomic E-state index is -4.41. The Morgan fingerprint density at radius 2 is 1.54 bits per heavy atom. The summed E-state index contributed by atoms with van der Waals surface area (Å²) in [5.41, 5.74) is 1.71. The molecular weight excluding hydrogens is 529 g/mol. The van der Waals surface area contributed by atoms with Crippen LogP contribution in [0.2, 0.25) is 0 Å². The summed E-state index contributed by atoms with van der Waals surface area (Å²) in [6, 6.07) is 22.0. The third-order valence-electron chi connectivity index (χ3n) is 8.30. The Bertz CT molecular complexity index is 1300. The van der Waals surface area contributed by atoms with Gasteiger partial charge in [0.2, 0.25) is 0 Å². The summed E-state index contributed by atoms with van der Waals surface area (Å²) in [7, 11) is 1.43. The lowest BCUT2D eigenvalue weighted by molar-refractivity contribution is -0.142. The number of methoxy groups -OCH3 is 1. The number of rotatable bonds is 10. The summed E-state index contributed by atoms with van der Waals surface area (Å²) in [5.74, 6) is -0.445. The molecule has 0 saturated carbocycles. The van der Waals surface area contributed by atoms with Gasteiger partial charge in [0.15, 0.2) is 0 Å². The van der Waals surface area contributed by atoms with Crippen LogP contribution in [-0.2, 0) is 21.1 Å². The SMILES string of the molecule is CCC(CCN1CCC(NC(=O)c2ccccc2-c2ccc(C(F)(F)F)cc2)CC1)(CC(=O)OC)c1ccccc1. The Kier molecular flexibility index (Phi) is 9.86. The molecule has 4 rings (SSSR count). The van der Waals surface area contributed by atoms with E-state index in [0.29, 0.717) is 23.1 Å². The van der Waals surface area contributed by atoms with E-state index in [4.69, 9.17) is 4.74 Å². The zero-order chi connectivity index (χ0) is 29.5. The largest absolute Gasteiger partial charge is 0.469 e. The lowest BCUT2D eigenvalue weighted by atomic mass is 9.72. The Morgan fingerprint density at radius 1 is 0.902 bits per heavy atom. The summed E-state index contributed by atoms with van der Waals surface area (Å²) < 4.78 is 44.0. The normalized spacial score (nSPS) is 16.1. The topological polar surface area (TPSA) is 58.6 Å². The second-order valence-corrected chi connectivity index (χ2v) is 10.7. The molecule has 1 unspecified atom stereocenters. The molecule has 41 heavy (non-hydrogen) atoms. The van der Waals surface area contributed by atoms with Gasteiger partial charge in [-0.2, -0.15) is 13.2 Å². The molecule has 5 nitrogen and oxygen atoms in total. The molecule has 3 aromatic rings. The summed E-state index contributed by atoms with van der Waals surface area (Å²) in [6.07, 6.45) is -0.873. The van der Waals surface area contributed by atoms with Crippen molar-refractivity contribution in [2.75, 3.05) is 26.7 Å². The van der Waals surface area contributed by atoms with Gasteiger partial charge in [-0.1, -0.05) is 67.6 Å². The van der Waals surface area contributed by atoms with Crippen LogP contribution in [0.3, 0.4) is 0 Å². The van der Waals surface area contributed by atoms with Crippen LogP contribution in [0.5, 0.6) is 0 Å². The molecule has 1 aliphatic heterocycles. The van der Waals surface area contributed by atoms with Gasteiger partial charge in [0.25, 0.3) is 5.91 Å². The number of benzene rings is 3. The fraction of sp³-hybridized carbons (Fsp3) is 0.394. The molecule has 0 aromatic heterocycles. The zero-order valence-electron chi connectivity index (χ0n) is 23.5. The number of esters is 1. The quantitative estimate of drug-likeness (QED) is 0.272. The molecule has 0 spiro atoms. The van der Waals surface area contributed by atoms with Crippen LogP contribution in [0.15, 0.2) is 78.9 Å². The number of ether oxygens (including phenoxy) is 1. The van der Waals surface area contributed by atoms with Gasteiger partial charge in [-0.3, -0.25) is 9.59 Å². The van der Waals surface area contributed by atoms with Crippen molar-refractivity contribution in [3.05, 3.63) is 95.6 Å². The minimum absolute atomic E-state index is 0.000429. The summed E-state index contributed by atoms with van der Waals surface area (Å²) in [5, 5.41) is 3.14. The number of nitrogens with zero attached hydrogens (tertiary/aromatic N) is 1. The van der Waals surface area contributed by atoms with Crippen molar-refractivity contribution in [1.82, 2.24) is 10.2 Å². The molecule has 0 aliphatic carbocycles. The number of piperidine rings is 1. The van der Waals surface area contributed by atoms with E-state index in [1.807, 2.05) is 18.2 Å². The molecule has 0 bridgehead atoms. The second kappa shape index (κ2) is 13.3. The van der Waals surface area contributed by atoms with Crippen molar-refractivity contribution in [3.63, 3.8) is 0 Å². The number of nitrogens with one attached hydrogen (secondary N) is 1. The Morgan fingerprint density at radius 3 is 2.15 bits per heavy atom. The van der Waals surface area contributed by atoms with E-state index in [2.05, 4.69) is 29.3 Å². The summed E-state index contributed by atoms with van der Waals surface area (Å²) in [6.45, 7) is 4.58. The molecule has 1 amide bonds. The van der Waals surface area contributed by atoms with E-state index in [1.165, 1.54) is 19.2 Å². The van der Waals surface area contributed by atoms with E-state index in [1.54, 1.807) is 24.3 Å². The van der Waals surface area contributed by atoms with Crippen molar-refractivity contribution in [1.29, 1.82) is 0 Å². The van der Waals surface area contributed by atoms with E-state index >= 15 is 0 Å². The lowest BCUT2D eigenvalue weighted by Crippen LogP contribution is -2.46. The fourth-order valence-electron chi connectivity index (χ4n) is 5.69. The maximum atomic E-state index is 13.3. The van der Waals surface area contributed by atoms with Gasteiger partial charge in [-0.05, 0) is 67.1 Å². The lowest BCUT2D eigenvalue weighted by Gasteiger charge is -2.37. The Labute approximate surface area is 239 Å². The third-order valence-corrected chi connectivity index (χ3v) is 8.30. The van der Waals surface area contributed by atoms with Crippen molar-refractivity contribution in [2.45, 2.75) is 56.7 Å². The van der Waals surface area contributed by atoms with Gasteiger partial charge in [0, 0.05) is 30.1 Å². The van der Waals surface area contributed by atoms with Crippen LogP contribution in [0.25, 0.3) is 11.1 Å². The van der Waals surface area contributed by atoms with Crippen LogP contribution in [0.1, 0.15) is 60.5 Å². The zero-order valence-corrected chi connectivity index (χ0v) is 23.5. The number of alkyl halides is 3. The van der Waals surface area contributed by atoms with E-state index in [9.17, 15) is 22.8 Å². The predicted octanol–water partition coefficient (Wildman–Crippen LogP) is 6.87. The number of halogens is 3. The average molecular weight is 567 g/mol. The van der Waals surface area contributed by atoms with E-state index in [-0.39, 0.29) is 23.3 Å². The first-order chi connectivity index (χ1) is 19.6. The molecule has 3 aromatic carbocycles. The van der Waals surface area contributed by atoms with Crippen LogP contribution in [0.4, 0.5) is 13.2 Å². The first-order valence-electron chi connectivity index (χ1n) is 14.1. The predicted molar refractivity (Wildman–Crippen MR) is 153 cm³/mol. The number of carbonyl (C=O) groups is 2. The number of likely N-dealkylation sites (tertiary alicyclic amines) is 1. The molecule has 1 N–H and O–H groups in total. The van der Waals surface area contributed by atoms with Crippen LogP contribution in [0, 0.1) is 0 Å². The number of amides is 1. The smallest absolute Gasteiger partial charge is 0.416 e. The van der Waals surface area contributed by atoms with Crippen LogP contribution >= 0.6 is 0 Å². The molecule has 0 radical (unpaired) electrons. The first kappa shape index (κ1) is 30.3. The van der Waals surface area contributed by atoms with Crippen LogP contribution in [-0.4, -0.2) is 49.6 Å². The highest BCUT2D eigenvalue weighted by Gasteiger charge is 2.34. The molecule has 8 heteroatoms. The highest BCUT2D eigenvalue weighted by molar-refractivity contribution is 6.01. The van der Waals surface area contributed by atoms with E-state index in [0.717, 1.165) is 63.0 Å². The number of carbonyl (C=O) groups excluding carboxylic acids is 2. The Balaban J connectivity index is 1.36. The monoisotopic (exact) mass is 566 g/mol.